The predicted octanol–water partition coefficient (Wildman–Crippen LogP) is -0.280. The normalized spacial score (nSPS) is 10.1. The van der Waals surface area contributed by atoms with E-state index in [1.54, 1.807) is 0 Å². The number of nitrogens with one attached hydrogen (secondary N) is 1. The Hall–Kier alpha value is -2.77. The minimum atomic E-state index is -1.15. The molecule has 2 N–H and O–H groups in total. The molecule has 2 aromatic rings. The number of carbonyl (C=O) groups excluding carboxylic acids is 1. The van der Waals surface area contributed by atoms with Crippen molar-refractivity contribution in [3.05, 3.63) is 35.8 Å². The molecule has 0 saturated heterocycles. The number of carbonyl (C=O) groups is 2. The van der Waals surface area contributed by atoms with E-state index in [4.69, 9.17) is 5.11 Å². The third kappa shape index (κ3) is 2.17. The molecule has 8 nitrogen and oxygen atoms in total. The van der Waals surface area contributed by atoms with Gasteiger partial charge in [-0.25, -0.2) is 9.48 Å². The van der Waals surface area contributed by atoms with E-state index in [2.05, 4.69) is 20.6 Å². The summed E-state index contributed by atoms with van der Waals surface area (Å²) >= 11 is 0. The zero-order valence-corrected chi connectivity index (χ0v) is 9.36. The first-order valence-corrected chi connectivity index (χ1v) is 4.97. The van der Waals surface area contributed by atoms with Crippen LogP contribution in [0.5, 0.6) is 0 Å². The number of aromatic carboxylic acids is 1. The molecule has 0 aliphatic carbocycles. The SMILES string of the molecule is CNC(=O)c1ccn(-c2ccc(C(=O)O)nn2)n1. The molecule has 2 heterocycles. The number of rotatable bonds is 3. The summed E-state index contributed by atoms with van der Waals surface area (Å²) in [7, 11) is 1.50. The van der Waals surface area contributed by atoms with Crippen molar-refractivity contribution in [3.8, 4) is 5.82 Å². The Morgan fingerprint density at radius 1 is 1.22 bits per heavy atom. The summed E-state index contributed by atoms with van der Waals surface area (Å²) in [6.07, 6.45) is 1.54. The lowest BCUT2D eigenvalue weighted by molar-refractivity contribution is 0.0689. The van der Waals surface area contributed by atoms with Crippen LogP contribution in [0.15, 0.2) is 24.4 Å². The number of carboxylic acids is 1. The summed E-state index contributed by atoms with van der Waals surface area (Å²) in [5, 5.41) is 22.3. The maximum Gasteiger partial charge on any atom is 0.356 e. The Morgan fingerprint density at radius 2 is 2.00 bits per heavy atom. The number of nitrogens with zero attached hydrogens (tertiary/aromatic N) is 4. The van der Waals surface area contributed by atoms with E-state index in [1.807, 2.05) is 0 Å². The maximum absolute atomic E-state index is 11.3. The Bertz CT molecular complexity index is 590. The minimum Gasteiger partial charge on any atom is -0.476 e. The van der Waals surface area contributed by atoms with E-state index in [0.29, 0.717) is 5.82 Å². The summed E-state index contributed by atoms with van der Waals surface area (Å²) in [5.74, 6) is -1.14. The molecule has 8 heteroatoms. The van der Waals surface area contributed by atoms with Gasteiger partial charge in [-0.3, -0.25) is 4.79 Å². The molecule has 0 aliphatic heterocycles. The van der Waals surface area contributed by atoms with Crippen molar-refractivity contribution >= 4 is 11.9 Å². The molecule has 2 aromatic heterocycles. The fraction of sp³-hybridized carbons (Fsp3) is 0.100. The topological polar surface area (TPSA) is 110 Å². The third-order valence-electron chi connectivity index (χ3n) is 2.15. The largest absolute Gasteiger partial charge is 0.476 e. The highest BCUT2D eigenvalue weighted by Crippen LogP contribution is 2.04. The number of carboxylic acid groups (broad SMARTS) is 1. The third-order valence-corrected chi connectivity index (χ3v) is 2.15. The fourth-order valence-electron chi connectivity index (χ4n) is 1.26. The first kappa shape index (κ1) is 11.7. The molecule has 0 aromatic carbocycles. The highest BCUT2D eigenvalue weighted by Gasteiger charge is 2.10. The highest BCUT2D eigenvalue weighted by molar-refractivity contribution is 5.91. The Balaban J connectivity index is 2.29. The summed E-state index contributed by atoms with van der Waals surface area (Å²) in [6, 6.07) is 4.29. The second-order valence-corrected chi connectivity index (χ2v) is 3.31. The lowest BCUT2D eigenvalue weighted by atomic mass is 10.4. The van der Waals surface area contributed by atoms with Crippen LogP contribution < -0.4 is 5.32 Å². The number of hydrogen-bond donors (Lipinski definition) is 2. The summed E-state index contributed by atoms with van der Waals surface area (Å²) in [6.45, 7) is 0. The smallest absolute Gasteiger partial charge is 0.356 e. The molecule has 18 heavy (non-hydrogen) atoms. The maximum atomic E-state index is 11.3. The molecule has 0 spiro atoms. The average molecular weight is 247 g/mol. The van der Waals surface area contributed by atoms with E-state index in [-0.39, 0.29) is 17.3 Å². The van der Waals surface area contributed by atoms with E-state index in [1.165, 1.54) is 36.1 Å². The lowest BCUT2D eigenvalue weighted by Crippen LogP contribution is -2.18. The van der Waals surface area contributed by atoms with Crippen LogP contribution in [0.3, 0.4) is 0 Å². The van der Waals surface area contributed by atoms with Gasteiger partial charge < -0.3 is 10.4 Å². The van der Waals surface area contributed by atoms with Gasteiger partial charge in [-0.1, -0.05) is 0 Å². The first-order valence-electron chi connectivity index (χ1n) is 4.97. The molecular formula is C10H9N5O3. The molecule has 0 atom stereocenters. The second kappa shape index (κ2) is 4.62. The number of hydrogen-bond acceptors (Lipinski definition) is 5. The summed E-state index contributed by atoms with van der Waals surface area (Å²) in [4.78, 5) is 21.9. The molecule has 0 unspecified atom stereocenters. The van der Waals surface area contributed by atoms with Gasteiger partial charge in [0.25, 0.3) is 5.91 Å². The van der Waals surface area contributed by atoms with Crippen molar-refractivity contribution in [1.82, 2.24) is 25.3 Å². The first-order chi connectivity index (χ1) is 8.61. The Kier molecular flexibility index (Phi) is 3.00. The quantitative estimate of drug-likeness (QED) is 0.771. The van der Waals surface area contributed by atoms with Gasteiger partial charge >= 0.3 is 5.97 Å². The molecule has 0 radical (unpaired) electrons. The molecule has 0 fully saturated rings. The van der Waals surface area contributed by atoms with Crippen LogP contribution in [-0.4, -0.2) is 44.0 Å². The molecule has 0 aliphatic rings. The van der Waals surface area contributed by atoms with Gasteiger partial charge in [-0.05, 0) is 18.2 Å². The highest BCUT2D eigenvalue weighted by atomic mass is 16.4. The van der Waals surface area contributed by atoms with Gasteiger partial charge in [0.05, 0.1) is 0 Å². The van der Waals surface area contributed by atoms with Crippen molar-refractivity contribution in [2.45, 2.75) is 0 Å². The number of aromatic nitrogens is 4. The minimum absolute atomic E-state index is 0.155. The molecular weight excluding hydrogens is 238 g/mol. The van der Waals surface area contributed by atoms with Gasteiger partial charge in [0.2, 0.25) is 0 Å². The molecule has 0 bridgehead atoms. The van der Waals surface area contributed by atoms with E-state index >= 15 is 0 Å². The van der Waals surface area contributed by atoms with Crippen molar-refractivity contribution in [2.24, 2.45) is 0 Å². The molecule has 1 amide bonds. The zero-order chi connectivity index (χ0) is 13.1. The van der Waals surface area contributed by atoms with Crippen LogP contribution in [0, 0.1) is 0 Å². The van der Waals surface area contributed by atoms with Crippen molar-refractivity contribution in [3.63, 3.8) is 0 Å². The predicted molar refractivity (Wildman–Crippen MR) is 59.5 cm³/mol. The van der Waals surface area contributed by atoms with Gasteiger partial charge in [0, 0.05) is 13.2 Å². The van der Waals surface area contributed by atoms with Crippen molar-refractivity contribution < 1.29 is 14.7 Å². The van der Waals surface area contributed by atoms with E-state index in [9.17, 15) is 9.59 Å². The average Bonchev–Trinajstić information content (AvgIpc) is 2.87. The van der Waals surface area contributed by atoms with Crippen LogP contribution in [0.25, 0.3) is 5.82 Å². The zero-order valence-electron chi connectivity index (χ0n) is 9.36. The summed E-state index contributed by atoms with van der Waals surface area (Å²) in [5.41, 5.74) is 0.0824. The molecule has 2 rings (SSSR count). The summed E-state index contributed by atoms with van der Waals surface area (Å²) < 4.78 is 1.34. The van der Waals surface area contributed by atoms with Gasteiger partial charge in [0.1, 0.15) is 0 Å². The second-order valence-electron chi connectivity index (χ2n) is 3.31. The molecule has 92 valence electrons. The Labute approximate surface area is 101 Å². The van der Waals surface area contributed by atoms with E-state index in [0.717, 1.165) is 0 Å². The van der Waals surface area contributed by atoms with Crippen LogP contribution in [0.4, 0.5) is 0 Å². The van der Waals surface area contributed by atoms with Gasteiger partial charge in [0.15, 0.2) is 17.2 Å². The van der Waals surface area contributed by atoms with Crippen LogP contribution in [0.1, 0.15) is 21.0 Å². The Morgan fingerprint density at radius 3 is 2.56 bits per heavy atom. The van der Waals surface area contributed by atoms with Crippen LogP contribution >= 0.6 is 0 Å². The van der Waals surface area contributed by atoms with Gasteiger partial charge in [-0.2, -0.15) is 5.10 Å². The van der Waals surface area contributed by atoms with E-state index < -0.39 is 5.97 Å². The van der Waals surface area contributed by atoms with Crippen molar-refractivity contribution in [2.75, 3.05) is 7.05 Å². The molecule has 0 saturated carbocycles. The fourth-order valence-corrected chi connectivity index (χ4v) is 1.26. The monoisotopic (exact) mass is 247 g/mol. The van der Waals surface area contributed by atoms with Crippen molar-refractivity contribution in [1.29, 1.82) is 0 Å². The number of amides is 1. The lowest BCUT2D eigenvalue weighted by Gasteiger charge is -1.99. The standard InChI is InChI=1S/C10H9N5O3/c1-11-9(16)6-4-5-15(14-6)8-3-2-7(10(17)18)12-13-8/h2-5H,1H3,(H,11,16)(H,17,18). The van der Waals surface area contributed by atoms with Gasteiger partial charge in [-0.15, -0.1) is 10.2 Å². The van der Waals surface area contributed by atoms with Crippen LogP contribution in [0.2, 0.25) is 0 Å². The van der Waals surface area contributed by atoms with Crippen LogP contribution in [-0.2, 0) is 0 Å².